The number of carbonyl (C=O) groups is 2. The van der Waals surface area contributed by atoms with E-state index in [9.17, 15) is 19.8 Å². The highest BCUT2D eigenvalue weighted by molar-refractivity contribution is 5.65. The van der Waals surface area contributed by atoms with E-state index in [1.165, 1.54) is 0 Å². The SMILES string of the molecule is [2H]CC(=O)OC[C@@H](O)[C@@H](O)[C@H](O)[C@@H](O)C=O. The molecule has 0 spiro atoms. The number of aliphatic hydroxyl groups excluding tert-OH is 4. The van der Waals surface area contributed by atoms with Crippen LogP contribution in [0.2, 0.25) is 0 Å². The van der Waals surface area contributed by atoms with Gasteiger partial charge in [-0.3, -0.25) is 4.79 Å². The van der Waals surface area contributed by atoms with Crippen molar-refractivity contribution < 1.29 is 36.1 Å². The Morgan fingerprint density at radius 3 is 2.47 bits per heavy atom. The van der Waals surface area contributed by atoms with E-state index >= 15 is 0 Å². The minimum absolute atomic E-state index is 0.00355. The highest BCUT2D eigenvalue weighted by atomic mass is 16.5. The van der Waals surface area contributed by atoms with Crippen LogP contribution in [0.1, 0.15) is 8.27 Å². The van der Waals surface area contributed by atoms with Gasteiger partial charge in [0.1, 0.15) is 31.0 Å². The molecule has 0 amide bonds. The number of aliphatic hydroxyl groups is 4. The summed E-state index contributed by atoms with van der Waals surface area (Å²) in [6, 6.07) is 0. The average molecular weight is 223 g/mol. The maximum Gasteiger partial charge on any atom is 0.302 e. The van der Waals surface area contributed by atoms with E-state index in [0.717, 1.165) is 0 Å². The summed E-state index contributed by atoms with van der Waals surface area (Å²) in [6.45, 7) is -1.27. The van der Waals surface area contributed by atoms with Crippen LogP contribution in [0.3, 0.4) is 0 Å². The predicted octanol–water partition coefficient (Wildman–Crippen LogP) is -2.81. The Bertz CT molecular complexity index is 234. The second kappa shape index (κ2) is 6.46. The summed E-state index contributed by atoms with van der Waals surface area (Å²) in [7, 11) is 0. The normalized spacial score (nSPS) is 19.6. The number of aldehydes is 1. The van der Waals surface area contributed by atoms with Crippen LogP contribution in [-0.4, -0.2) is 63.7 Å². The predicted molar refractivity (Wildman–Crippen MR) is 46.7 cm³/mol. The molecule has 7 heteroatoms. The lowest BCUT2D eigenvalue weighted by Gasteiger charge is -2.23. The molecule has 4 atom stereocenters. The Morgan fingerprint density at radius 1 is 1.40 bits per heavy atom. The van der Waals surface area contributed by atoms with Gasteiger partial charge in [0.05, 0.1) is 0 Å². The Labute approximate surface area is 87.3 Å². The first-order chi connectivity index (χ1) is 7.43. The molecular weight excluding hydrogens is 208 g/mol. The van der Waals surface area contributed by atoms with Gasteiger partial charge in [0, 0.05) is 8.27 Å². The van der Waals surface area contributed by atoms with E-state index in [0.29, 0.717) is 0 Å². The standard InChI is InChI=1S/C8H14O7/c1-4(10)15-3-6(12)8(14)7(13)5(11)2-9/h2,5-8,11-14H,3H2,1H3/t5-,6+,7+,8+/m0/s1/i1D. The molecule has 0 aromatic rings. The van der Waals surface area contributed by atoms with E-state index in [-0.39, 0.29) is 6.29 Å². The zero-order valence-corrected chi connectivity index (χ0v) is 7.81. The Balaban J connectivity index is 4.11. The van der Waals surface area contributed by atoms with Crippen LogP contribution in [0, 0.1) is 0 Å². The molecular formula is C8H14O7. The van der Waals surface area contributed by atoms with Gasteiger partial charge < -0.3 is 30.0 Å². The molecule has 0 heterocycles. The second-order valence-electron chi connectivity index (χ2n) is 2.86. The summed E-state index contributed by atoms with van der Waals surface area (Å²) in [6.07, 6.45) is -7.20. The number of ether oxygens (including phenoxy) is 1. The number of rotatable bonds is 6. The van der Waals surface area contributed by atoms with Crippen LogP contribution < -0.4 is 0 Å². The van der Waals surface area contributed by atoms with Crippen molar-refractivity contribution in [3.63, 3.8) is 0 Å². The summed E-state index contributed by atoms with van der Waals surface area (Å²) in [5, 5.41) is 36.4. The molecule has 0 aromatic carbocycles. The first-order valence-corrected chi connectivity index (χ1v) is 4.06. The van der Waals surface area contributed by atoms with Gasteiger partial charge in [-0.1, -0.05) is 0 Å². The van der Waals surface area contributed by atoms with E-state index in [4.69, 9.17) is 11.6 Å². The summed E-state index contributed by atoms with van der Waals surface area (Å²) in [4.78, 5) is 20.6. The molecule has 7 nitrogen and oxygen atoms in total. The molecule has 0 aliphatic heterocycles. The van der Waals surface area contributed by atoms with Crippen molar-refractivity contribution in [2.24, 2.45) is 0 Å². The fraction of sp³-hybridized carbons (Fsp3) is 0.750. The molecule has 88 valence electrons. The van der Waals surface area contributed by atoms with Crippen molar-refractivity contribution in [2.75, 3.05) is 6.61 Å². The van der Waals surface area contributed by atoms with Crippen molar-refractivity contribution in [1.82, 2.24) is 0 Å². The molecule has 0 rings (SSSR count). The van der Waals surface area contributed by atoms with Crippen molar-refractivity contribution in [2.45, 2.75) is 31.3 Å². The molecule has 0 aliphatic carbocycles. The van der Waals surface area contributed by atoms with Crippen molar-refractivity contribution in [3.05, 3.63) is 0 Å². The maximum atomic E-state index is 10.5. The first kappa shape index (κ1) is 12.1. The van der Waals surface area contributed by atoms with E-state index in [1.807, 2.05) is 0 Å². The van der Waals surface area contributed by atoms with E-state index in [2.05, 4.69) is 4.74 Å². The van der Waals surface area contributed by atoms with Gasteiger partial charge in [0.15, 0.2) is 6.29 Å². The van der Waals surface area contributed by atoms with Crippen LogP contribution in [-0.2, 0) is 14.3 Å². The average Bonchev–Trinajstić information content (AvgIpc) is 2.32. The Morgan fingerprint density at radius 2 is 2.00 bits per heavy atom. The maximum absolute atomic E-state index is 10.5. The quantitative estimate of drug-likeness (QED) is 0.283. The number of esters is 1. The Hall–Kier alpha value is -1.02. The molecule has 0 saturated carbocycles. The zero-order chi connectivity index (χ0) is 12.7. The molecule has 0 saturated heterocycles. The molecule has 4 N–H and O–H groups in total. The van der Waals surface area contributed by atoms with Crippen molar-refractivity contribution >= 4 is 12.3 Å². The molecule has 0 aliphatic rings. The molecule has 15 heavy (non-hydrogen) atoms. The third kappa shape index (κ3) is 4.84. The van der Waals surface area contributed by atoms with Crippen molar-refractivity contribution in [3.8, 4) is 0 Å². The third-order valence-corrected chi connectivity index (χ3v) is 1.65. The minimum Gasteiger partial charge on any atom is -0.463 e. The summed E-state index contributed by atoms with van der Waals surface area (Å²) in [5.41, 5.74) is 0. The lowest BCUT2D eigenvalue weighted by molar-refractivity contribution is -0.154. The fourth-order valence-electron chi connectivity index (χ4n) is 0.787. The fourth-order valence-corrected chi connectivity index (χ4v) is 0.787. The van der Waals surface area contributed by atoms with Gasteiger partial charge in [-0.25, -0.2) is 0 Å². The van der Waals surface area contributed by atoms with Gasteiger partial charge in [-0.15, -0.1) is 0 Å². The molecule has 0 radical (unpaired) electrons. The van der Waals surface area contributed by atoms with Gasteiger partial charge in [-0.2, -0.15) is 0 Å². The largest absolute Gasteiger partial charge is 0.463 e. The highest BCUT2D eigenvalue weighted by Crippen LogP contribution is 2.04. The van der Waals surface area contributed by atoms with Crippen LogP contribution in [0.5, 0.6) is 0 Å². The topological polar surface area (TPSA) is 124 Å². The third-order valence-electron chi connectivity index (χ3n) is 1.65. The van der Waals surface area contributed by atoms with Gasteiger partial charge >= 0.3 is 5.97 Å². The lowest BCUT2D eigenvalue weighted by atomic mass is 10.0. The number of hydrogen-bond acceptors (Lipinski definition) is 7. The minimum atomic E-state index is -1.87. The summed E-state index contributed by atoms with van der Waals surface area (Å²) < 4.78 is 10.9. The van der Waals surface area contributed by atoms with Gasteiger partial charge in [-0.05, 0) is 0 Å². The molecule has 0 aromatic heterocycles. The van der Waals surface area contributed by atoms with Crippen LogP contribution in [0.25, 0.3) is 0 Å². The van der Waals surface area contributed by atoms with Crippen LogP contribution in [0.15, 0.2) is 0 Å². The second-order valence-corrected chi connectivity index (χ2v) is 2.86. The summed E-state index contributed by atoms with van der Waals surface area (Å²) in [5.74, 6) is -0.906. The smallest absolute Gasteiger partial charge is 0.302 e. The van der Waals surface area contributed by atoms with Crippen molar-refractivity contribution in [1.29, 1.82) is 0 Å². The highest BCUT2D eigenvalue weighted by Gasteiger charge is 2.30. The van der Waals surface area contributed by atoms with Crippen LogP contribution >= 0.6 is 0 Å². The zero-order valence-electron chi connectivity index (χ0n) is 8.81. The molecule has 0 fully saturated rings. The van der Waals surface area contributed by atoms with E-state index in [1.54, 1.807) is 0 Å². The van der Waals surface area contributed by atoms with E-state index < -0.39 is 43.9 Å². The van der Waals surface area contributed by atoms with Crippen LogP contribution in [0.4, 0.5) is 0 Å². The van der Waals surface area contributed by atoms with Gasteiger partial charge in [0.25, 0.3) is 0 Å². The summed E-state index contributed by atoms with van der Waals surface area (Å²) >= 11 is 0. The monoisotopic (exact) mass is 223 g/mol. The molecule has 0 bridgehead atoms. The number of carbonyl (C=O) groups excluding carboxylic acids is 2. The Kier molecular flexibility index (Phi) is 5.19. The van der Waals surface area contributed by atoms with Gasteiger partial charge in [0.2, 0.25) is 0 Å². The number of hydrogen-bond donors (Lipinski definition) is 4. The molecule has 0 unspecified atom stereocenters. The first-order valence-electron chi connectivity index (χ1n) is 4.77. The lowest BCUT2D eigenvalue weighted by Crippen LogP contribution is -2.46.